The number of nitrogens with one attached hydrogen (secondary N) is 2. The molecule has 29 heavy (non-hydrogen) atoms. The molecule has 0 fully saturated rings. The van der Waals surface area contributed by atoms with E-state index in [0.717, 1.165) is 11.1 Å². The number of carbonyl (C=O) groups is 2. The van der Waals surface area contributed by atoms with E-state index >= 15 is 0 Å². The van der Waals surface area contributed by atoms with Crippen LogP contribution in [-0.4, -0.2) is 11.8 Å². The fourth-order valence-electron chi connectivity index (χ4n) is 2.55. The van der Waals surface area contributed by atoms with Gasteiger partial charge in [0.25, 0.3) is 11.8 Å². The Labute approximate surface area is 182 Å². The number of hydrogen-bond acceptors (Lipinski definition) is 2. The number of amides is 2. The van der Waals surface area contributed by atoms with Gasteiger partial charge in [-0.15, -0.1) is 0 Å². The molecule has 0 radical (unpaired) electrons. The van der Waals surface area contributed by atoms with Gasteiger partial charge in [-0.3, -0.25) is 9.59 Å². The summed E-state index contributed by atoms with van der Waals surface area (Å²) in [5.74, 6) is -0.819. The van der Waals surface area contributed by atoms with Crippen molar-refractivity contribution in [1.29, 1.82) is 0 Å². The molecule has 0 atom stereocenters. The lowest BCUT2D eigenvalue weighted by Gasteiger charge is -2.12. The fourth-order valence-corrected chi connectivity index (χ4v) is 3.15. The second-order valence-electron chi connectivity index (χ2n) is 6.36. The van der Waals surface area contributed by atoms with Gasteiger partial charge in [-0.05, 0) is 70.9 Å². The first-order valence-electron chi connectivity index (χ1n) is 8.83. The minimum atomic E-state index is -0.427. The molecule has 3 rings (SSSR count). The number of rotatable bonds is 5. The Balaban J connectivity index is 1.89. The number of aryl methyl sites for hydroxylation is 1. The van der Waals surface area contributed by atoms with Crippen LogP contribution in [0.2, 0.25) is 5.02 Å². The summed E-state index contributed by atoms with van der Waals surface area (Å²) in [6.07, 6.45) is 1.61. The summed E-state index contributed by atoms with van der Waals surface area (Å²) in [6, 6.07) is 21.4. The van der Waals surface area contributed by atoms with E-state index in [1.165, 1.54) is 0 Å². The maximum Gasteiger partial charge on any atom is 0.272 e. The van der Waals surface area contributed by atoms with Crippen molar-refractivity contribution in [3.8, 4) is 0 Å². The molecule has 0 heterocycles. The molecule has 3 aromatic carbocycles. The molecule has 0 saturated carbocycles. The molecule has 4 nitrogen and oxygen atoms in total. The van der Waals surface area contributed by atoms with Crippen LogP contribution < -0.4 is 10.6 Å². The first-order valence-corrected chi connectivity index (χ1v) is 10.0. The third-order valence-corrected chi connectivity index (χ3v) is 5.05. The molecule has 6 heteroatoms. The van der Waals surface area contributed by atoms with Gasteiger partial charge in [-0.1, -0.05) is 53.6 Å². The van der Waals surface area contributed by atoms with E-state index < -0.39 is 11.8 Å². The number of halogens is 2. The van der Waals surface area contributed by atoms with E-state index in [2.05, 4.69) is 26.6 Å². The zero-order valence-electron chi connectivity index (χ0n) is 15.6. The Kier molecular flexibility index (Phi) is 6.86. The minimum absolute atomic E-state index is 0.119. The molecule has 0 aliphatic rings. The van der Waals surface area contributed by atoms with Gasteiger partial charge in [-0.25, -0.2) is 0 Å². The van der Waals surface area contributed by atoms with E-state index in [9.17, 15) is 9.59 Å². The van der Waals surface area contributed by atoms with Crippen molar-refractivity contribution in [1.82, 2.24) is 5.32 Å². The van der Waals surface area contributed by atoms with Crippen LogP contribution in [0.1, 0.15) is 21.5 Å². The van der Waals surface area contributed by atoms with Gasteiger partial charge >= 0.3 is 0 Å². The molecule has 0 saturated heterocycles. The van der Waals surface area contributed by atoms with Crippen molar-refractivity contribution in [2.75, 3.05) is 5.32 Å². The highest BCUT2D eigenvalue weighted by Gasteiger charge is 2.16. The molecule has 0 unspecified atom stereocenters. The fraction of sp³-hybridized carbons (Fsp3) is 0.0435. The Morgan fingerprint density at radius 3 is 2.24 bits per heavy atom. The van der Waals surface area contributed by atoms with Crippen LogP contribution in [-0.2, 0) is 4.79 Å². The van der Waals surface area contributed by atoms with Gasteiger partial charge in [0.05, 0.1) is 5.56 Å². The zero-order chi connectivity index (χ0) is 20.8. The average molecular weight is 470 g/mol. The largest absolute Gasteiger partial charge is 0.321 e. The first-order chi connectivity index (χ1) is 13.9. The Morgan fingerprint density at radius 1 is 0.931 bits per heavy atom. The topological polar surface area (TPSA) is 58.2 Å². The lowest BCUT2D eigenvalue weighted by Crippen LogP contribution is -2.31. The smallest absolute Gasteiger partial charge is 0.272 e. The number of hydrogen-bond donors (Lipinski definition) is 2. The molecule has 0 spiro atoms. The number of carbonyl (C=O) groups excluding carboxylic acids is 2. The van der Waals surface area contributed by atoms with Gasteiger partial charge in [0.15, 0.2) is 0 Å². The molecule has 0 bridgehead atoms. The van der Waals surface area contributed by atoms with E-state index in [-0.39, 0.29) is 5.70 Å². The molecule has 3 aromatic rings. The second kappa shape index (κ2) is 9.54. The van der Waals surface area contributed by atoms with Crippen LogP contribution in [0.3, 0.4) is 0 Å². The number of benzene rings is 3. The van der Waals surface area contributed by atoms with Gasteiger partial charge in [-0.2, -0.15) is 0 Å². The van der Waals surface area contributed by atoms with Crippen molar-refractivity contribution < 1.29 is 9.59 Å². The standard InChI is InChI=1S/C23H18BrClN2O2/c1-15-6-12-18(13-7-15)26-23(29)21(14-16-8-10-17(25)11-9-16)27-22(28)19-4-2-3-5-20(19)24/h2-14H,1H3,(H,26,29)(H,27,28)/b21-14+. The van der Waals surface area contributed by atoms with E-state index in [4.69, 9.17) is 11.6 Å². The highest BCUT2D eigenvalue weighted by Crippen LogP contribution is 2.18. The summed E-state index contributed by atoms with van der Waals surface area (Å²) < 4.78 is 0.641. The lowest BCUT2D eigenvalue weighted by atomic mass is 10.1. The van der Waals surface area contributed by atoms with Gasteiger partial charge in [0.2, 0.25) is 0 Å². The SMILES string of the molecule is Cc1ccc(NC(=O)/C(=C\c2ccc(Cl)cc2)NC(=O)c2ccccc2Br)cc1. The molecule has 0 aromatic heterocycles. The highest BCUT2D eigenvalue weighted by molar-refractivity contribution is 9.10. The molecular weight excluding hydrogens is 452 g/mol. The third-order valence-electron chi connectivity index (χ3n) is 4.10. The van der Waals surface area contributed by atoms with E-state index in [0.29, 0.717) is 20.7 Å². The molecule has 0 aliphatic heterocycles. The normalized spacial score (nSPS) is 11.1. The maximum atomic E-state index is 12.9. The van der Waals surface area contributed by atoms with Crippen molar-refractivity contribution in [2.45, 2.75) is 6.92 Å². The molecule has 146 valence electrons. The summed E-state index contributed by atoms with van der Waals surface area (Å²) in [5.41, 5.74) is 3.00. The van der Waals surface area contributed by atoms with Crippen LogP contribution in [0, 0.1) is 6.92 Å². The summed E-state index contributed by atoms with van der Waals surface area (Å²) >= 11 is 9.30. The Morgan fingerprint density at radius 2 is 1.59 bits per heavy atom. The maximum absolute atomic E-state index is 12.9. The molecule has 2 N–H and O–H groups in total. The first kappa shape index (κ1) is 20.8. The Bertz CT molecular complexity index is 1060. The zero-order valence-corrected chi connectivity index (χ0v) is 17.9. The molecule has 0 aliphatic carbocycles. The molecule has 2 amide bonds. The average Bonchev–Trinajstić information content (AvgIpc) is 2.71. The summed E-state index contributed by atoms with van der Waals surface area (Å²) in [6.45, 7) is 1.97. The van der Waals surface area contributed by atoms with Crippen LogP contribution in [0.25, 0.3) is 6.08 Å². The monoisotopic (exact) mass is 468 g/mol. The van der Waals surface area contributed by atoms with Crippen LogP contribution in [0.15, 0.2) is 83.0 Å². The predicted molar refractivity (Wildman–Crippen MR) is 121 cm³/mol. The molecular formula is C23H18BrClN2O2. The number of anilines is 1. The predicted octanol–water partition coefficient (Wildman–Crippen LogP) is 5.82. The van der Waals surface area contributed by atoms with E-state index in [1.54, 1.807) is 48.5 Å². The van der Waals surface area contributed by atoms with Crippen molar-refractivity contribution in [3.63, 3.8) is 0 Å². The van der Waals surface area contributed by atoms with Gasteiger partial charge in [0, 0.05) is 15.2 Å². The third kappa shape index (κ3) is 5.79. The van der Waals surface area contributed by atoms with Crippen LogP contribution in [0.4, 0.5) is 5.69 Å². The van der Waals surface area contributed by atoms with Crippen molar-refractivity contribution in [3.05, 3.63) is 105 Å². The van der Waals surface area contributed by atoms with Gasteiger partial charge in [0.1, 0.15) is 5.70 Å². The van der Waals surface area contributed by atoms with Crippen molar-refractivity contribution in [2.24, 2.45) is 0 Å². The van der Waals surface area contributed by atoms with E-state index in [1.807, 2.05) is 37.3 Å². The van der Waals surface area contributed by atoms with Crippen LogP contribution >= 0.6 is 27.5 Å². The summed E-state index contributed by atoms with van der Waals surface area (Å²) in [7, 11) is 0. The second-order valence-corrected chi connectivity index (χ2v) is 7.65. The Hall–Kier alpha value is -2.89. The minimum Gasteiger partial charge on any atom is -0.321 e. The lowest BCUT2D eigenvalue weighted by molar-refractivity contribution is -0.113. The summed E-state index contributed by atoms with van der Waals surface area (Å²) in [5, 5.41) is 6.12. The van der Waals surface area contributed by atoms with Crippen LogP contribution in [0.5, 0.6) is 0 Å². The van der Waals surface area contributed by atoms with Crippen molar-refractivity contribution >= 4 is 51.1 Å². The highest BCUT2D eigenvalue weighted by atomic mass is 79.9. The summed E-state index contributed by atoms with van der Waals surface area (Å²) in [4.78, 5) is 25.6. The van der Waals surface area contributed by atoms with Gasteiger partial charge < -0.3 is 10.6 Å². The quantitative estimate of drug-likeness (QED) is 0.463.